The average molecular weight is 353 g/mol. The van der Waals surface area contributed by atoms with Crippen molar-refractivity contribution in [2.75, 3.05) is 25.7 Å². The van der Waals surface area contributed by atoms with Crippen molar-refractivity contribution >= 4 is 5.82 Å². The molecule has 134 valence electrons. The number of aliphatic hydroxyl groups is 1. The summed E-state index contributed by atoms with van der Waals surface area (Å²) in [4.78, 5) is 0. The van der Waals surface area contributed by atoms with Crippen molar-refractivity contribution in [2.45, 2.75) is 6.54 Å². The minimum absolute atomic E-state index is 0.105. The Morgan fingerprint density at radius 2 is 1.92 bits per heavy atom. The van der Waals surface area contributed by atoms with Crippen LogP contribution in [0.3, 0.4) is 0 Å². The molecule has 0 radical (unpaired) electrons. The standard InChI is InChI=1S/C19H19N3O4/c20-18-17(14-6-7-15-16(10-14)26-12-25-15)19(24-9-8-23)21-22(18)11-13-4-2-1-3-5-13/h1-7,10,23H,8-9,11-12,20H2. The Balaban J connectivity index is 1.74. The third-order valence-electron chi connectivity index (χ3n) is 4.13. The van der Waals surface area contributed by atoms with E-state index in [1.165, 1.54) is 0 Å². The van der Waals surface area contributed by atoms with Crippen molar-refractivity contribution in [1.29, 1.82) is 0 Å². The molecule has 3 aromatic rings. The van der Waals surface area contributed by atoms with Crippen molar-refractivity contribution in [1.82, 2.24) is 9.78 Å². The lowest BCUT2D eigenvalue weighted by atomic mass is 10.1. The number of ether oxygens (including phenoxy) is 3. The smallest absolute Gasteiger partial charge is 0.243 e. The van der Waals surface area contributed by atoms with E-state index in [0.29, 0.717) is 35.3 Å². The Labute approximate surface area is 150 Å². The molecule has 0 amide bonds. The molecule has 7 heteroatoms. The number of hydrogen-bond acceptors (Lipinski definition) is 6. The van der Waals surface area contributed by atoms with Gasteiger partial charge in [0.05, 0.1) is 18.7 Å². The monoisotopic (exact) mass is 353 g/mol. The molecule has 2 aromatic carbocycles. The average Bonchev–Trinajstić information content (AvgIpc) is 3.25. The molecule has 1 aromatic heterocycles. The zero-order valence-corrected chi connectivity index (χ0v) is 14.1. The molecule has 0 fully saturated rings. The summed E-state index contributed by atoms with van der Waals surface area (Å²) in [6.45, 7) is 0.757. The Hall–Kier alpha value is -3.19. The first-order valence-corrected chi connectivity index (χ1v) is 8.30. The van der Waals surface area contributed by atoms with Crippen LogP contribution >= 0.6 is 0 Å². The number of nitrogens with zero attached hydrogens (tertiary/aromatic N) is 2. The summed E-state index contributed by atoms with van der Waals surface area (Å²) in [5.74, 6) is 2.22. The van der Waals surface area contributed by atoms with Crippen LogP contribution in [0.15, 0.2) is 48.5 Å². The predicted octanol–water partition coefficient (Wildman–Crippen LogP) is 2.28. The highest BCUT2D eigenvalue weighted by Gasteiger charge is 2.22. The van der Waals surface area contributed by atoms with E-state index in [9.17, 15) is 0 Å². The summed E-state index contributed by atoms with van der Waals surface area (Å²) in [6, 6.07) is 15.5. The lowest BCUT2D eigenvalue weighted by Gasteiger charge is -2.07. The third-order valence-corrected chi connectivity index (χ3v) is 4.13. The SMILES string of the molecule is Nc1c(-c2ccc3c(c2)OCO3)c(OCCO)nn1Cc1ccccc1. The number of anilines is 1. The number of benzene rings is 2. The fraction of sp³-hybridized carbons (Fsp3) is 0.211. The van der Waals surface area contributed by atoms with Crippen LogP contribution in [0.4, 0.5) is 5.82 Å². The minimum Gasteiger partial charge on any atom is -0.474 e. The first-order chi connectivity index (χ1) is 12.8. The van der Waals surface area contributed by atoms with E-state index in [1.807, 2.05) is 48.5 Å². The number of nitrogens with two attached hydrogens (primary N) is 1. The molecule has 0 saturated carbocycles. The second kappa shape index (κ2) is 6.97. The van der Waals surface area contributed by atoms with Crippen molar-refractivity contribution < 1.29 is 19.3 Å². The van der Waals surface area contributed by atoms with Gasteiger partial charge in [-0.1, -0.05) is 36.4 Å². The highest BCUT2D eigenvalue weighted by atomic mass is 16.7. The Kier molecular flexibility index (Phi) is 4.37. The highest BCUT2D eigenvalue weighted by Crippen LogP contribution is 2.41. The molecule has 26 heavy (non-hydrogen) atoms. The van der Waals surface area contributed by atoms with Gasteiger partial charge < -0.3 is 25.1 Å². The van der Waals surface area contributed by atoms with E-state index >= 15 is 0 Å². The van der Waals surface area contributed by atoms with Gasteiger partial charge in [-0.25, -0.2) is 4.68 Å². The van der Waals surface area contributed by atoms with Gasteiger partial charge in [0.25, 0.3) is 0 Å². The maximum absolute atomic E-state index is 9.10. The van der Waals surface area contributed by atoms with Crippen LogP contribution in [0.25, 0.3) is 11.1 Å². The lowest BCUT2D eigenvalue weighted by Crippen LogP contribution is -2.06. The summed E-state index contributed by atoms with van der Waals surface area (Å²) in [7, 11) is 0. The van der Waals surface area contributed by atoms with Gasteiger partial charge >= 0.3 is 0 Å². The van der Waals surface area contributed by atoms with E-state index < -0.39 is 0 Å². The van der Waals surface area contributed by atoms with E-state index in [4.69, 9.17) is 25.1 Å². The number of aliphatic hydroxyl groups excluding tert-OH is 1. The topological polar surface area (TPSA) is 91.8 Å². The fourth-order valence-electron chi connectivity index (χ4n) is 2.90. The largest absolute Gasteiger partial charge is 0.474 e. The summed E-state index contributed by atoms with van der Waals surface area (Å²) < 4.78 is 18.1. The van der Waals surface area contributed by atoms with E-state index in [-0.39, 0.29) is 20.0 Å². The molecule has 0 aliphatic carbocycles. The second-order valence-corrected chi connectivity index (χ2v) is 5.85. The molecule has 7 nitrogen and oxygen atoms in total. The van der Waals surface area contributed by atoms with Crippen LogP contribution in [-0.4, -0.2) is 34.9 Å². The van der Waals surface area contributed by atoms with Gasteiger partial charge in [-0.05, 0) is 23.3 Å². The van der Waals surface area contributed by atoms with Gasteiger partial charge in [-0.2, -0.15) is 0 Å². The molecular weight excluding hydrogens is 334 g/mol. The molecule has 4 rings (SSSR count). The van der Waals surface area contributed by atoms with Crippen LogP contribution < -0.4 is 19.9 Å². The van der Waals surface area contributed by atoms with Crippen molar-refractivity contribution in [3.05, 3.63) is 54.1 Å². The zero-order valence-electron chi connectivity index (χ0n) is 14.1. The van der Waals surface area contributed by atoms with Crippen molar-refractivity contribution in [3.8, 4) is 28.5 Å². The fourth-order valence-corrected chi connectivity index (χ4v) is 2.90. The number of aromatic nitrogens is 2. The molecule has 0 spiro atoms. The van der Waals surface area contributed by atoms with Crippen molar-refractivity contribution in [3.63, 3.8) is 0 Å². The zero-order chi connectivity index (χ0) is 17.9. The number of hydrogen-bond donors (Lipinski definition) is 2. The normalized spacial score (nSPS) is 12.3. The van der Waals surface area contributed by atoms with Crippen LogP contribution in [0.1, 0.15) is 5.56 Å². The molecule has 0 atom stereocenters. The highest BCUT2D eigenvalue weighted by molar-refractivity contribution is 5.80. The van der Waals surface area contributed by atoms with E-state index in [2.05, 4.69) is 5.10 Å². The van der Waals surface area contributed by atoms with Gasteiger partial charge in [0.15, 0.2) is 11.5 Å². The molecule has 0 unspecified atom stereocenters. The van der Waals surface area contributed by atoms with Gasteiger partial charge in [-0.3, -0.25) is 0 Å². The van der Waals surface area contributed by atoms with Gasteiger partial charge in [-0.15, -0.1) is 5.10 Å². The quantitative estimate of drug-likeness (QED) is 0.706. The van der Waals surface area contributed by atoms with Gasteiger partial charge in [0.1, 0.15) is 12.4 Å². The van der Waals surface area contributed by atoms with E-state index in [1.54, 1.807) is 4.68 Å². The Morgan fingerprint density at radius 1 is 1.12 bits per heavy atom. The van der Waals surface area contributed by atoms with Crippen LogP contribution in [0.5, 0.6) is 17.4 Å². The van der Waals surface area contributed by atoms with Gasteiger partial charge in [0.2, 0.25) is 12.7 Å². The summed E-state index contributed by atoms with van der Waals surface area (Å²) in [6.07, 6.45) is 0. The van der Waals surface area contributed by atoms with Crippen LogP contribution in [0, 0.1) is 0 Å². The summed E-state index contributed by atoms with van der Waals surface area (Å²) >= 11 is 0. The number of rotatable bonds is 6. The van der Waals surface area contributed by atoms with Crippen LogP contribution in [0.2, 0.25) is 0 Å². The van der Waals surface area contributed by atoms with Crippen LogP contribution in [-0.2, 0) is 6.54 Å². The van der Waals surface area contributed by atoms with E-state index in [0.717, 1.165) is 11.1 Å². The predicted molar refractivity (Wildman–Crippen MR) is 96.3 cm³/mol. The molecule has 1 aliphatic heterocycles. The summed E-state index contributed by atoms with van der Waals surface area (Å²) in [5.41, 5.74) is 8.96. The molecule has 2 heterocycles. The minimum atomic E-state index is -0.105. The third kappa shape index (κ3) is 3.04. The molecule has 1 aliphatic rings. The Morgan fingerprint density at radius 3 is 2.73 bits per heavy atom. The first kappa shape index (κ1) is 16.3. The first-order valence-electron chi connectivity index (χ1n) is 8.30. The molecule has 0 saturated heterocycles. The number of fused-ring (bicyclic) bond motifs is 1. The maximum atomic E-state index is 9.10. The van der Waals surface area contributed by atoms with Crippen molar-refractivity contribution in [2.24, 2.45) is 0 Å². The summed E-state index contributed by atoms with van der Waals surface area (Å²) in [5, 5.41) is 13.6. The number of nitrogen functional groups attached to an aromatic ring is 1. The maximum Gasteiger partial charge on any atom is 0.243 e. The second-order valence-electron chi connectivity index (χ2n) is 5.85. The lowest BCUT2D eigenvalue weighted by molar-refractivity contribution is 0.174. The molecule has 3 N–H and O–H groups in total. The Bertz CT molecular complexity index is 909. The van der Waals surface area contributed by atoms with Gasteiger partial charge in [0, 0.05) is 0 Å². The molecule has 0 bridgehead atoms. The molecular formula is C19H19N3O4.